The molecule has 264 valence electrons. The molecule has 8 N–H and O–H groups in total. The summed E-state index contributed by atoms with van der Waals surface area (Å²) in [6.07, 6.45) is 0.589. The minimum atomic E-state index is -4.99. The summed E-state index contributed by atoms with van der Waals surface area (Å²) in [6.45, 7) is 3.37. The number of ketones is 1. The molecule has 17 nitrogen and oxygen atoms in total. The topological polar surface area (TPSA) is 264 Å². The highest BCUT2D eigenvalue weighted by Crippen LogP contribution is 2.40. The lowest BCUT2D eigenvalue weighted by Gasteiger charge is -2.50. The molecule has 0 saturated carbocycles. The molecule has 0 radical (unpaired) electrons. The number of benzene rings is 1. The molecule has 2 aromatic heterocycles. The first kappa shape index (κ1) is 37.3. The van der Waals surface area contributed by atoms with Crippen LogP contribution in [0.15, 0.2) is 53.1 Å². The van der Waals surface area contributed by atoms with Gasteiger partial charge in [0, 0.05) is 29.9 Å². The molecule has 19 heteroatoms. The maximum absolute atomic E-state index is 13.3. The van der Waals surface area contributed by atoms with Gasteiger partial charge in [-0.05, 0) is 56.6 Å². The summed E-state index contributed by atoms with van der Waals surface area (Å²) in [5.41, 5.74) is 18.5. The number of carbonyl (C=O) groups is 3. The molecule has 1 unspecified atom stereocenters. The zero-order valence-corrected chi connectivity index (χ0v) is 28.5. The summed E-state index contributed by atoms with van der Waals surface area (Å²) in [6, 6.07) is 11.0. The number of anilines is 1. The lowest BCUT2D eigenvalue weighted by Crippen LogP contribution is -2.68. The molecule has 1 aliphatic heterocycles. The lowest BCUT2D eigenvalue weighted by molar-refractivity contribution is -0.679. The number of thiazole rings is 1. The van der Waals surface area contributed by atoms with E-state index < -0.39 is 64.4 Å². The third kappa shape index (κ3) is 9.13. The van der Waals surface area contributed by atoms with Crippen molar-refractivity contribution in [3.05, 3.63) is 59.4 Å². The van der Waals surface area contributed by atoms with E-state index in [-0.39, 0.29) is 16.7 Å². The molecule has 3 heterocycles. The van der Waals surface area contributed by atoms with Crippen LogP contribution in [0.2, 0.25) is 0 Å². The van der Waals surface area contributed by atoms with Crippen LogP contribution in [0.1, 0.15) is 31.7 Å². The third-order valence-electron chi connectivity index (χ3n) is 8.00. The van der Waals surface area contributed by atoms with Crippen molar-refractivity contribution in [2.75, 3.05) is 25.4 Å². The molecule has 1 aromatic carbocycles. The van der Waals surface area contributed by atoms with Crippen LogP contribution in [0.4, 0.5) is 5.13 Å². The number of amides is 1. The van der Waals surface area contributed by atoms with Gasteiger partial charge in [-0.15, -0.1) is 15.6 Å². The van der Waals surface area contributed by atoms with Crippen LogP contribution in [0.5, 0.6) is 5.75 Å². The first-order chi connectivity index (χ1) is 23.0. The second kappa shape index (κ2) is 15.3. The summed E-state index contributed by atoms with van der Waals surface area (Å²) < 4.78 is 43.2. The van der Waals surface area contributed by atoms with Crippen molar-refractivity contribution < 1.29 is 50.9 Å². The van der Waals surface area contributed by atoms with Gasteiger partial charge in [-0.2, -0.15) is 13.5 Å². The number of rotatable bonds is 17. The number of nitrogens with two attached hydrogens (primary N) is 3. The van der Waals surface area contributed by atoms with Crippen LogP contribution in [0.3, 0.4) is 0 Å². The van der Waals surface area contributed by atoms with Crippen LogP contribution in [0, 0.1) is 11.8 Å². The maximum Gasteiger partial charge on any atom is 0.418 e. The van der Waals surface area contributed by atoms with Crippen molar-refractivity contribution in [2.45, 2.75) is 38.3 Å². The van der Waals surface area contributed by atoms with Crippen molar-refractivity contribution in [1.29, 1.82) is 0 Å². The van der Waals surface area contributed by atoms with Crippen molar-refractivity contribution in [2.24, 2.45) is 35.5 Å². The fourth-order valence-corrected chi connectivity index (χ4v) is 6.05. The standard InChI is InChI=1S/C30H37N7O10S2/c1-30(2)22(27(39)37(30)47-49(42,43)44)11-24(38)26(23-16-48-29(33)34-23)35-46-25(28(40)41)15-45-21-8-5-18(6-9-21)19-4-7-20(36(3)14-19)10-17(12-31)13-32/h4-9,14,16-17,22,25H,10-13,15,31-32H2,1-3H3,(H3-,33,34,40,41,42,43,44)/p+1/b35-26-/t22-,25?/m1/s1. The van der Waals surface area contributed by atoms with Crippen molar-refractivity contribution in [3.8, 4) is 16.9 Å². The van der Waals surface area contributed by atoms with Gasteiger partial charge in [-0.3, -0.25) is 14.1 Å². The first-order valence-electron chi connectivity index (χ1n) is 14.9. The number of hydrogen-bond donors (Lipinski definition) is 5. The minimum absolute atomic E-state index is 0.0243. The number of carboxylic acid groups (broad SMARTS) is 1. The summed E-state index contributed by atoms with van der Waals surface area (Å²) in [4.78, 5) is 47.2. The SMILES string of the molecule is C[n+]1cc(-c2ccc(OCC(O/N=C(\C(=O)C[C@@H]3C(=O)N(OS(=O)(=O)O)C3(C)C)c3csc(N)n3)C(=O)O)cc2)ccc1CC(CN)CN. The van der Waals surface area contributed by atoms with Crippen LogP contribution in [-0.2, 0) is 47.4 Å². The molecule has 1 saturated heterocycles. The van der Waals surface area contributed by atoms with Crippen molar-refractivity contribution >= 4 is 50.2 Å². The van der Waals surface area contributed by atoms with E-state index in [1.54, 1.807) is 12.1 Å². The Morgan fingerprint density at radius 3 is 2.33 bits per heavy atom. The van der Waals surface area contributed by atoms with Gasteiger partial charge in [0.2, 0.25) is 0 Å². The van der Waals surface area contributed by atoms with E-state index in [2.05, 4.69) is 14.4 Å². The highest BCUT2D eigenvalue weighted by molar-refractivity contribution is 7.80. The van der Waals surface area contributed by atoms with E-state index in [9.17, 15) is 27.9 Å². The Hall–Kier alpha value is -4.53. The molecule has 0 spiro atoms. The van der Waals surface area contributed by atoms with Gasteiger partial charge in [0.05, 0.1) is 11.5 Å². The zero-order chi connectivity index (χ0) is 36.1. The van der Waals surface area contributed by atoms with E-state index in [0.29, 0.717) is 23.9 Å². The number of hydrogen-bond acceptors (Lipinski definition) is 14. The summed E-state index contributed by atoms with van der Waals surface area (Å²) >= 11 is 0.986. The number of carbonyl (C=O) groups excluding carboxylic acids is 2. The van der Waals surface area contributed by atoms with Crippen molar-refractivity contribution in [3.63, 3.8) is 0 Å². The highest BCUT2D eigenvalue weighted by atomic mass is 32.3. The third-order valence-corrected chi connectivity index (χ3v) is 9.01. The molecule has 2 atom stereocenters. The Bertz CT molecular complexity index is 1830. The Kier molecular flexibility index (Phi) is 11.7. The van der Waals surface area contributed by atoms with Gasteiger partial charge in [0.25, 0.3) is 12.0 Å². The molecule has 4 rings (SSSR count). The second-order valence-electron chi connectivity index (χ2n) is 11.8. The maximum atomic E-state index is 13.3. The molecular weight excluding hydrogens is 683 g/mol. The van der Waals surface area contributed by atoms with Gasteiger partial charge < -0.3 is 31.9 Å². The first-order valence-corrected chi connectivity index (χ1v) is 17.1. The summed E-state index contributed by atoms with van der Waals surface area (Å²) in [5.74, 6) is -3.63. The van der Waals surface area contributed by atoms with E-state index in [4.69, 9.17) is 31.3 Å². The zero-order valence-electron chi connectivity index (χ0n) is 26.9. The van der Waals surface area contributed by atoms with Gasteiger partial charge in [0.15, 0.2) is 28.5 Å². The molecule has 49 heavy (non-hydrogen) atoms. The van der Waals surface area contributed by atoms with Gasteiger partial charge in [-0.1, -0.05) is 17.3 Å². The predicted octanol–water partition coefficient (Wildman–Crippen LogP) is 0.476. The lowest BCUT2D eigenvalue weighted by atomic mass is 9.74. The number of nitrogens with zero attached hydrogens (tertiary/aromatic N) is 4. The normalized spacial score (nSPS) is 16.7. The molecule has 0 aliphatic carbocycles. The van der Waals surface area contributed by atoms with Crippen LogP contribution >= 0.6 is 11.3 Å². The van der Waals surface area contributed by atoms with Gasteiger partial charge in [-0.25, -0.2) is 14.3 Å². The number of Topliss-reactive ketones (excluding diaryl/α,β-unsaturated/α-hetero) is 1. The van der Waals surface area contributed by atoms with E-state index >= 15 is 0 Å². The quantitative estimate of drug-likeness (QED) is 0.0418. The van der Waals surface area contributed by atoms with Crippen LogP contribution in [-0.4, -0.2) is 82.8 Å². The van der Waals surface area contributed by atoms with Crippen LogP contribution in [0.25, 0.3) is 11.1 Å². The fraction of sp³-hybridized carbons (Fsp3) is 0.400. The predicted molar refractivity (Wildman–Crippen MR) is 176 cm³/mol. The van der Waals surface area contributed by atoms with Gasteiger partial charge >= 0.3 is 16.4 Å². The number of pyridine rings is 1. The number of aryl methyl sites for hydroxylation is 1. The monoisotopic (exact) mass is 720 g/mol. The average molecular weight is 721 g/mol. The average Bonchev–Trinajstić information content (AvgIpc) is 3.48. The number of oxime groups is 1. The van der Waals surface area contributed by atoms with E-state index in [1.807, 2.05) is 42.1 Å². The Morgan fingerprint density at radius 1 is 1.14 bits per heavy atom. The number of carboxylic acids is 1. The number of hydroxylamine groups is 2. The fourth-order valence-electron chi connectivity index (χ4n) is 5.04. The van der Waals surface area contributed by atoms with Crippen molar-refractivity contribution in [1.82, 2.24) is 10.0 Å². The largest absolute Gasteiger partial charge is 0.489 e. The highest BCUT2D eigenvalue weighted by Gasteiger charge is 2.57. The Morgan fingerprint density at radius 2 is 1.80 bits per heavy atom. The molecule has 1 aliphatic rings. The Balaban J connectivity index is 1.44. The van der Waals surface area contributed by atoms with Gasteiger partial charge in [0.1, 0.15) is 25.1 Å². The number of nitrogen functional groups attached to an aromatic ring is 1. The Labute approximate surface area is 286 Å². The second-order valence-corrected chi connectivity index (χ2v) is 13.7. The number of aliphatic carboxylic acids is 1. The minimum Gasteiger partial charge on any atom is -0.489 e. The molecular formula is C30H38N7O10S2+. The molecule has 3 aromatic rings. The van der Waals surface area contributed by atoms with E-state index in [1.165, 1.54) is 19.2 Å². The summed E-state index contributed by atoms with van der Waals surface area (Å²) in [7, 11) is -3.05. The smallest absolute Gasteiger partial charge is 0.418 e. The molecule has 1 fully saturated rings. The number of ether oxygens (including phenoxy) is 1. The molecule has 1 amide bonds. The number of β-lactam (4-membered cyclic amide) rings is 1. The summed E-state index contributed by atoms with van der Waals surface area (Å²) in [5, 5.41) is 15.5. The number of aromatic nitrogens is 2. The van der Waals surface area contributed by atoms with Crippen LogP contribution < -0.4 is 26.5 Å². The van der Waals surface area contributed by atoms with E-state index in [0.717, 1.165) is 34.6 Å². The molecule has 0 bridgehead atoms.